The van der Waals surface area contributed by atoms with Gasteiger partial charge in [0.25, 0.3) is 0 Å². The molecule has 0 saturated carbocycles. The molecule has 4 atom stereocenters. The number of hydrogen-bond donors (Lipinski definition) is 4. The summed E-state index contributed by atoms with van der Waals surface area (Å²) in [5.41, 5.74) is -0.236. The van der Waals surface area contributed by atoms with Crippen LogP contribution >= 0.6 is 0 Å². The molecule has 0 bridgehead atoms. The molecule has 104 valence electrons. The third-order valence-corrected chi connectivity index (χ3v) is 3.15. The summed E-state index contributed by atoms with van der Waals surface area (Å²) >= 11 is 0. The lowest BCUT2D eigenvalue weighted by Gasteiger charge is -2.16. The van der Waals surface area contributed by atoms with Crippen molar-refractivity contribution in [2.75, 3.05) is 18.4 Å². The van der Waals surface area contributed by atoms with Crippen LogP contribution in [0, 0.1) is 0 Å². The second-order valence-electron chi connectivity index (χ2n) is 4.33. The van der Waals surface area contributed by atoms with Crippen LogP contribution in [0.2, 0.25) is 0 Å². The molecule has 3 heterocycles. The van der Waals surface area contributed by atoms with E-state index in [1.807, 2.05) is 0 Å². The number of anilines is 1. The monoisotopic (exact) mass is 271 g/mol. The zero-order chi connectivity index (χ0) is 16.1. The average molecular weight is 271 g/mol. The average Bonchev–Trinajstić information content (AvgIpc) is 2.99. The molecule has 0 aromatic carbocycles. The summed E-state index contributed by atoms with van der Waals surface area (Å²) in [6.07, 6.45) is -2.42. The Morgan fingerprint density at radius 1 is 1.63 bits per heavy atom. The quantitative estimate of drug-likeness (QED) is 0.549. The van der Waals surface area contributed by atoms with Gasteiger partial charge in [0.05, 0.1) is 36.0 Å². The number of ether oxygens (including phenoxy) is 1. The van der Waals surface area contributed by atoms with Crippen LogP contribution in [0.3, 0.4) is 0 Å². The molecule has 2 aliphatic rings. The van der Waals surface area contributed by atoms with E-state index in [1.165, 1.54) is 10.9 Å². The van der Waals surface area contributed by atoms with E-state index in [2.05, 4.69) is 15.3 Å². The second-order valence-corrected chi connectivity index (χ2v) is 4.33. The van der Waals surface area contributed by atoms with Gasteiger partial charge >= 0.3 is 0 Å². The van der Waals surface area contributed by atoms with Crippen LogP contribution in [-0.2, 0) is 4.74 Å². The highest BCUT2D eigenvalue weighted by molar-refractivity contribution is 5.76. The number of imidazole rings is 1. The fourth-order valence-electron chi connectivity index (χ4n) is 2.19. The minimum absolute atomic E-state index is 0.151. The molecule has 0 radical (unpaired) electrons. The fourth-order valence-corrected chi connectivity index (χ4v) is 2.19. The molecule has 0 spiro atoms. The molecule has 0 aliphatic carbocycles. The standard InChI is InChI=1S/C11H16N4O4/c16-3-8-6(17)1-9(19-8)15-5-14-10-7(18)2-12-4-13-11(10)15/h4-9,16-18H,1-3H2,(H,12,13)/t6-,7+,8+,9+/m0/s1/i2D2,7D. The van der Waals surface area contributed by atoms with Crippen molar-refractivity contribution in [2.45, 2.75) is 30.9 Å². The molecular weight excluding hydrogens is 252 g/mol. The molecule has 3 rings (SSSR count). The predicted octanol–water partition coefficient (Wildman–Crippen LogP) is -0.989. The first kappa shape index (κ1) is 9.43. The second kappa shape index (κ2) is 4.89. The number of nitrogens with one attached hydrogen (secondary N) is 1. The summed E-state index contributed by atoms with van der Waals surface area (Å²) in [5.74, 6) is 0.151. The number of aromatic nitrogens is 2. The SMILES string of the molecule is [2H]C1([2H])N=CNc2c(ncn2[C@H]2C[C@H](O)[C@@H](CO)O2)[C@]1([2H])O. The number of aliphatic hydroxyl groups excluding tert-OH is 2. The van der Waals surface area contributed by atoms with E-state index in [0.717, 1.165) is 6.34 Å². The van der Waals surface area contributed by atoms with E-state index in [9.17, 15) is 10.2 Å². The van der Waals surface area contributed by atoms with Crippen molar-refractivity contribution in [1.29, 1.82) is 0 Å². The minimum Gasteiger partial charge on any atom is -0.394 e. The van der Waals surface area contributed by atoms with Crippen molar-refractivity contribution >= 4 is 12.2 Å². The van der Waals surface area contributed by atoms with Gasteiger partial charge in [0.2, 0.25) is 0 Å². The number of aliphatic hydroxyl groups is 3. The summed E-state index contributed by atoms with van der Waals surface area (Å²) in [5, 5.41) is 31.8. The topological polar surface area (TPSA) is 112 Å². The van der Waals surface area contributed by atoms with Gasteiger partial charge in [0, 0.05) is 6.42 Å². The Labute approximate surface area is 113 Å². The number of aliphatic imine (C=N–C) groups is 1. The lowest BCUT2D eigenvalue weighted by Crippen LogP contribution is -2.24. The highest BCUT2D eigenvalue weighted by atomic mass is 16.5. The van der Waals surface area contributed by atoms with Crippen LogP contribution in [0.5, 0.6) is 0 Å². The maximum absolute atomic E-state index is 10.2. The van der Waals surface area contributed by atoms with Gasteiger partial charge in [-0.1, -0.05) is 0 Å². The highest BCUT2D eigenvalue weighted by Gasteiger charge is 2.36. The zero-order valence-corrected chi connectivity index (χ0v) is 9.89. The molecule has 1 aromatic heterocycles. The molecule has 0 unspecified atom stereocenters. The van der Waals surface area contributed by atoms with Gasteiger partial charge in [0.1, 0.15) is 29.9 Å². The van der Waals surface area contributed by atoms with Gasteiger partial charge in [-0.05, 0) is 0 Å². The predicted molar refractivity (Wildman–Crippen MR) is 65.8 cm³/mol. The van der Waals surface area contributed by atoms with E-state index in [4.69, 9.17) is 14.0 Å². The van der Waals surface area contributed by atoms with Gasteiger partial charge in [-0.15, -0.1) is 0 Å². The third kappa shape index (κ3) is 2.12. The van der Waals surface area contributed by atoms with Crippen molar-refractivity contribution in [3.8, 4) is 0 Å². The Balaban J connectivity index is 1.99. The number of fused-ring (bicyclic) bond motifs is 1. The molecule has 1 aromatic rings. The molecule has 4 N–H and O–H groups in total. The summed E-state index contributed by atoms with van der Waals surface area (Å²) in [6.45, 7) is -2.91. The smallest absolute Gasteiger partial charge is 0.139 e. The van der Waals surface area contributed by atoms with Crippen molar-refractivity contribution in [3.05, 3.63) is 12.0 Å². The number of rotatable bonds is 2. The van der Waals surface area contributed by atoms with E-state index in [0.29, 0.717) is 0 Å². The Hall–Kier alpha value is -1.48. The van der Waals surface area contributed by atoms with E-state index in [1.54, 1.807) is 0 Å². The molecule has 1 saturated heterocycles. The first-order chi connectivity index (χ1) is 10.3. The molecule has 2 aliphatic heterocycles. The minimum atomic E-state index is -2.68. The molecule has 8 heteroatoms. The maximum Gasteiger partial charge on any atom is 0.139 e. The molecule has 19 heavy (non-hydrogen) atoms. The largest absolute Gasteiger partial charge is 0.394 e. The van der Waals surface area contributed by atoms with Gasteiger partial charge in [-0.25, -0.2) is 4.98 Å². The van der Waals surface area contributed by atoms with E-state index >= 15 is 0 Å². The summed E-state index contributed by atoms with van der Waals surface area (Å²) in [7, 11) is 0. The normalized spacial score (nSPS) is 42.7. The van der Waals surface area contributed by atoms with Crippen molar-refractivity contribution < 1.29 is 24.2 Å². The van der Waals surface area contributed by atoms with Crippen LogP contribution in [0.1, 0.15) is 28.5 Å². The molecule has 0 amide bonds. The Morgan fingerprint density at radius 2 is 2.47 bits per heavy atom. The Morgan fingerprint density at radius 3 is 3.21 bits per heavy atom. The first-order valence-electron chi connectivity index (χ1n) is 7.32. The number of nitrogens with zero attached hydrogens (tertiary/aromatic N) is 3. The van der Waals surface area contributed by atoms with Crippen molar-refractivity contribution in [3.63, 3.8) is 0 Å². The Kier molecular flexibility index (Phi) is 2.43. The zero-order valence-electron chi connectivity index (χ0n) is 12.9. The Bertz CT molecular complexity index is 606. The lowest BCUT2D eigenvalue weighted by atomic mass is 10.2. The third-order valence-electron chi connectivity index (χ3n) is 3.15. The van der Waals surface area contributed by atoms with Crippen LogP contribution in [-0.4, -0.2) is 56.5 Å². The van der Waals surface area contributed by atoms with Crippen LogP contribution < -0.4 is 5.32 Å². The highest BCUT2D eigenvalue weighted by Crippen LogP contribution is 2.34. The molecule has 1 fully saturated rings. The van der Waals surface area contributed by atoms with Crippen LogP contribution in [0.25, 0.3) is 0 Å². The number of hydrogen-bond acceptors (Lipinski definition) is 7. The van der Waals surface area contributed by atoms with Crippen LogP contribution in [0.15, 0.2) is 11.3 Å². The van der Waals surface area contributed by atoms with E-state index in [-0.39, 0.29) is 24.5 Å². The molecule has 8 nitrogen and oxygen atoms in total. The van der Waals surface area contributed by atoms with Gasteiger partial charge in [-0.2, -0.15) is 0 Å². The van der Waals surface area contributed by atoms with Crippen molar-refractivity contribution in [1.82, 2.24) is 9.55 Å². The lowest BCUT2D eigenvalue weighted by molar-refractivity contribution is -0.0437. The van der Waals surface area contributed by atoms with Crippen molar-refractivity contribution in [2.24, 2.45) is 4.99 Å². The first-order valence-corrected chi connectivity index (χ1v) is 5.82. The summed E-state index contributed by atoms with van der Waals surface area (Å²) in [4.78, 5) is 7.39. The van der Waals surface area contributed by atoms with Gasteiger partial charge in [-0.3, -0.25) is 9.56 Å². The van der Waals surface area contributed by atoms with Gasteiger partial charge in [0.15, 0.2) is 0 Å². The summed E-state index contributed by atoms with van der Waals surface area (Å²) < 4.78 is 30.1. The summed E-state index contributed by atoms with van der Waals surface area (Å²) in [6, 6.07) is 0. The van der Waals surface area contributed by atoms with Crippen LogP contribution in [0.4, 0.5) is 5.82 Å². The fraction of sp³-hybridized carbons (Fsp3) is 0.636. The maximum atomic E-state index is 10.2. The van der Waals surface area contributed by atoms with E-state index < -0.39 is 31.0 Å². The van der Waals surface area contributed by atoms with Gasteiger partial charge < -0.3 is 25.4 Å². The molecular formula is C11H16N4O4.